The summed E-state index contributed by atoms with van der Waals surface area (Å²) in [5.41, 5.74) is 2.03. The second-order valence-corrected chi connectivity index (χ2v) is 6.29. The van der Waals surface area contributed by atoms with Crippen LogP contribution in [0.25, 0.3) is 11.5 Å². The number of hydrogen-bond donors (Lipinski definition) is 1. The first-order valence-electron chi connectivity index (χ1n) is 7.75. The van der Waals surface area contributed by atoms with Gasteiger partial charge in [0.1, 0.15) is 0 Å². The van der Waals surface area contributed by atoms with E-state index < -0.39 is 0 Å². The Morgan fingerprint density at radius 3 is 3.05 bits per heavy atom. The lowest BCUT2D eigenvalue weighted by Crippen LogP contribution is -2.43. The molecule has 22 heavy (non-hydrogen) atoms. The van der Waals surface area contributed by atoms with Crippen molar-refractivity contribution in [1.29, 1.82) is 0 Å². The number of carbonyl (C=O) groups excluding carboxylic acids is 1. The van der Waals surface area contributed by atoms with Crippen LogP contribution < -0.4 is 5.32 Å². The molecule has 1 aromatic carbocycles. The summed E-state index contributed by atoms with van der Waals surface area (Å²) in [6.07, 6.45) is 2.69. The first kappa shape index (κ1) is 13.5. The van der Waals surface area contributed by atoms with Crippen LogP contribution in [0.1, 0.15) is 22.5 Å². The number of fused-ring (bicyclic) bond motifs is 2. The molecule has 1 unspecified atom stereocenters. The molecular weight excluding hydrogens is 278 g/mol. The third kappa shape index (κ3) is 2.41. The number of carbonyl (C=O) groups is 1. The Hall–Kier alpha value is -2.14. The molecule has 0 saturated carbocycles. The van der Waals surface area contributed by atoms with Crippen molar-refractivity contribution in [2.24, 2.45) is 5.92 Å². The molecule has 0 radical (unpaired) electrons. The molecule has 5 heteroatoms. The number of hydrogen-bond acceptors (Lipinski definition) is 4. The van der Waals surface area contributed by atoms with E-state index in [4.69, 9.17) is 4.42 Å². The molecule has 2 aliphatic heterocycles. The van der Waals surface area contributed by atoms with Crippen LogP contribution in [0.5, 0.6) is 0 Å². The predicted octanol–water partition coefficient (Wildman–Crippen LogP) is 2.08. The molecule has 3 atom stereocenters. The molecule has 4 rings (SSSR count). The van der Waals surface area contributed by atoms with Crippen LogP contribution in [0, 0.1) is 12.8 Å². The Bertz CT molecular complexity index is 709. The lowest BCUT2D eigenvalue weighted by molar-refractivity contribution is 0.0897. The Labute approximate surface area is 129 Å². The topological polar surface area (TPSA) is 58.4 Å². The standard InChI is InChI=1S/C17H19N3O2/c1-11-3-2-4-12(7-11)17-18-8-15(22-17)16(21)19-14-10-20-6-5-13(14)9-20/h2-4,7-8,13-14H,5-6,9-10H2,1H3,(H,19,21)/t13-,14-/m0/s1. The van der Waals surface area contributed by atoms with E-state index >= 15 is 0 Å². The molecular formula is C17H19N3O2. The molecule has 2 saturated heterocycles. The highest BCUT2D eigenvalue weighted by Crippen LogP contribution is 2.28. The van der Waals surface area contributed by atoms with E-state index in [1.54, 1.807) is 0 Å². The van der Waals surface area contributed by atoms with Crippen molar-refractivity contribution in [1.82, 2.24) is 15.2 Å². The molecule has 1 N–H and O–H groups in total. The highest BCUT2D eigenvalue weighted by molar-refractivity contribution is 5.91. The van der Waals surface area contributed by atoms with Crippen LogP contribution in [-0.2, 0) is 0 Å². The largest absolute Gasteiger partial charge is 0.431 e. The quantitative estimate of drug-likeness (QED) is 0.942. The van der Waals surface area contributed by atoms with Crippen molar-refractivity contribution in [2.75, 3.05) is 19.6 Å². The summed E-state index contributed by atoms with van der Waals surface area (Å²) < 4.78 is 5.64. The molecule has 2 bridgehead atoms. The van der Waals surface area contributed by atoms with Gasteiger partial charge in [-0.2, -0.15) is 0 Å². The van der Waals surface area contributed by atoms with Gasteiger partial charge in [-0.3, -0.25) is 4.79 Å². The van der Waals surface area contributed by atoms with Crippen molar-refractivity contribution in [2.45, 2.75) is 19.4 Å². The predicted molar refractivity (Wildman–Crippen MR) is 82.5 cm³/mol. The first-order chi connectivity index (χ1) is 10.7. The fourth-order valence-electron chi connectivity index (χ4n) is 3.48. The smallest absolute Gasteiger partial charge is 0.289 e. The summed E-state index contributed by atoms with van der Waals surface area (Å²) in [6, 6.07) is 8.15. The average molecular weight is 297 g/mol. The number of nitrogens with one attached hydrogen (secondary N) is 1. The Balaban J connectivity index is 1.48. The molecule has 3 heterocycles. The first-order valence-corrected chi connectivity index (χ1v) is 7.75. The van der Waals surface area contributed by atoms with Crippen molar-refractivity contribution in [3.05, 3.63) is 41.8 Å². The van der Waals surface area contributed by atoms with E-state index in [0.29, 0.717) is 11.8 Å². The van der Waals surface area contributed by atoms with E-state index in [1.165, 1.54) is 12.6 Å². The molecule has 2 aliphatic rings. The summed E-state index contributed by atoms with van der Waals surface area (Å²) in [7, 11) is 0. The van der Waals surface area contributed by atoms with Crippen LogP contribution in [0.3, 0.4) is 0 Å². The van der Waals surface area contributed by atoms with E-state index in [-0.39, 0.29) is 17.7 Å². The van der Waals surface area contributed by atoms with Crippen molar-refractivity contribution in [3.8, 4) is 11.5 Å². The summed E-state index contributed by atoms with van der Waals surface area (Å²) in [5, 5.41) is 3.09. The number of rotatable bonds is 3. The Morgan fingerprint density at radius 2 is 2.32 bits per heavy atom. The SMILES string of the molecule is Cc1cccc(-c2ncc(C(=O)N[C@H]3CN4CC[C@H]3C4)o2)c1. The summed E-state index contributed by atoms with van der Waals surface area (Å²) in [6.45, 7) is 5.24. The fourth-order valence-corrected chi connectivity index (χ4v) is 3.48. The summed E-state index contributed by atoms with van der Waals surface area (Å²) in [4.78, 5) is 19.0. The highest BCUT2D eigenvalue weighted by Gasteiger charge is 2.39. The molecule has 0 aliphatic carbocycles. The van der Waals surface area contributed by atoms with Gasteiger partial charge >= 0.3 is 0 Å². The maximum atomic E-state index is 12.3. The maximum Gasteiger partial charge on any atom is 0.289 e. The number of piperidine rings is 1. The van der Waals surface area contributed by atoms with Crippen LogP contribution >= 0.6 is 0 Å². The average Bonchev–Trinajstić information content (AvgIpc) is 3.23. The zero-order chi connectivity index (χ0) is 15.1. The van der Waals surface area contributed by atoms with Gasteiger partial charge in [0.05, 0.1) is 6.20 Å². The van der Waals surface area contributed by atoms with Crippen molar-refractivity contribution in [3.63, 3.8) is 0 Å². The van der Waals surface area contributed by atoms with Crippen LogP contribution in [0.2, 0.25) is 0 Å². The minimum atomic E-state index is -0.162. The molecule has 2 aromatic rings. The molecule has 2 fully saturated rings. The van der Waals surface area contributed by atoms with Crippen molar-refractivity contribution >= 4 is 5.91 Å². The summed E-state index contributed by atoms with van der Waals surface area (Å²) >= 11 is 0. The van der Waals surface area contributed by atoms with Gasteiger partial charge in [0.15, 0.2) is 0 Å². The maximum absolute atomic E-state index is 12.3. The van der Waals surface area contributed by atoms with Crippen LogP contribution in [-0.4, -0.2) is 41.5 Å². The van der Waals surface area contributed by atoms with Crippen molar-refractivity contribution < 1.29 is 9.21 Å². The van der Waals surface area contributed by atoms with Crippen LogP contribution in [0.15, 0.2) is 34.9 Å². The van der Waals surface area contributed by atoms with E-state index in [2.05, 4.69) is 15.2 Å². The third-order valence-electron chi connectivity index (χ3n) is 4.64. The monoisotopic (exact) mass is 297 g/mol. The van der Waals surface area contributed by atoms with Gasteiger partial charge in [0, 0.05) is 24.7 Å². The Morgan fingerprint density at radius 1 is 1.41 bits per heavy atom. The number of amides is 1. The zero-order valence-corrected chi connectivity index (χ0v) is 12.6. The molecule has 1 aromatic heterocycles. The highest BCUT2D eigenvalue weighted by atomic mass is 16.4. The minimum absolute atomic E-state index is 0.162. The molecule has 5 nitrogen and oxygen atoms in total. The van der Waals surface area contributed by atoms with Gasteiger partial charge < -0.3 is 14.6 Å². The van der Waals surface area contributed by atoms with E-state index in [0.717, 1.165) is 30.8 Å². The second kappa shape index (κ2) is 5.25. The van der Waals surface area contributed by atoms with E-state index in [9.17, 15) is 4.79 Å². The Kier molecular flexibility index (Phi) is 3.22. The van der Waals surface area contributed by atoms with Gasteiger partial charge in [-0.05, 0) is 37.9 Å². The molecule has 1 amide bonds. The van der Waals surface area contributed by atoms with E-state index in [1.807, 2.05) is 31.2 Å². The van der Waals surface area contributed by atoms with Crippen LogP contribution in [0.4, 0.5) is 0 Å². The number of aromatic nitrogens is 1. The van der Waals surface area contributed by atoms with Gasteiger partial charge in [-0.1, -0.05) is 17.7 Å². The number of aryl methyl sites for hydroxylation is 1. The third-order valence-corrected chi connectivity index (χ3v) is 4.64. The van der Waals surface area contributed by atoms with Gasteiger partial charge in [0.2, 0.25) is 11.7 Å². The normalized spacial score (nSPS) is 26.3. The molecule has 0 spiro atoms. The van der Waals surface area contributed by atoms with Gasteiger partial charge in [0.25, 0.3) is 5.91 Å². The second-order valence-electron chi connectivity index (χ2n) is 6.29. The zero-order valence-electron chi connectivity index (χ0n) is 12.6. The van der Waals surface area contributed by atoms with Gasteiger partial charge in [-0.15, -0.1) is 0 Å². The summed E-state index contributed by atoms with van der Waals surface area (Å²) in [5.74, 6) is 1.20. The lowest BCUT2D eigenvalue weighted by Gasteiger charge is -2.22. The number of oxazole rings is 1. The minimum Gasteiger partial charge on any atom is -0.431 e. The number of benzene rings is 1. The lowest BCUT2D eigenvalue weighted by atomic mass is 10.00. The molecule has 114 valence electrons. The van der Waals surface area contributed by atoms with Gasteiger partial charge in [-0.25, -0.2) is 4.98 Å². The number of nitrogens with zero attached hydrogens (tertiary/aromatic N) is 2. The fraction of sp³-hybridized carbons (Fsp3) is 0.412.